The first-order chi connectivity index (χ1) is 6.52. The van der Waals surface area contributed by atoms with Crippen molar-refractivity contribution in [3.8, 4) is 5.75 Å². The molecule has 5 nitrogen and oxygen atoms in total. The second kappa shape index (κ2) is 3.95. The zero-order chi connectivity index (χ0) is 10.7. The molecule has 0 unspecified atom stereocenters. The third-order valence-electron chi connectivity index (χ3n) is 1.57. The standard InChI is InChI=1S/C9H11NO4/c1-5(2)9(12)14-7-4-13-3-6(7)8(10)11/h3-5H,1-2H3,(H2,10,11). The maximum atomic E-state index is 11.2. The summed E-state index contributed by atoms with van der Waals surface area (Å²) in [6.45, 7) is 3.37. The van der Waals surface area contributed by atoms with Crippen molar-refractivity contribution in [2.45, 2.75) is 13.8 Å². The number of esters is 1. The molecule has 0 spiro atoms. The van der Waals surface area contributed by atoms with Crippen molar-refractivity contribution >= 4 is 11.9 Å². The summed E-state index contributed by atoms with van der Waals surface area (Å²) in [5, 5.41) is 0. The van der Waals surface area contributed by atoms with Crippen molar-refractivity contribution in [1.82, 2.24) is 0 Å². The van der Waals surface area contributed by atoms with E-state index in [1.54, 1.807) is 13.8 Å². The maximum Gasteiger partial charge on any atom is 0.313 e. The highest BCUT2D eigenvalue weighted by atomic mass is 16.5. The molecule has 1 amide bonds. The van der Waals surface area contributed by atoms with Crippen molar-refractivity contribution in [3.05, 3.63) is 18.1 Å². The van der Waals surface area contributed by atoms with Crippen LogP contribution in [-0.4, -0.2) is 11.9 Å². The van der Waals surface area contributed by atoms with Crippen LogP contribution in [0.1, 0.15) is 24.2 Å². The predicted octanol–water partition coefficient (Wildman–Crippen LogP) is 0.940. The van der Waals surface area contributed by atoms with Crippen LogP contribution < -0.4 is 10.5 Å². The molecule has 0 saturated heterocycles. The highest BCUT2D eigenvalue weighted by Crippen LogP contribution is 2.19. The van der Waals surface area contributed by atoms with Gasteiger partial charge >= 0.3 is 5.97 Å². The molecule has 2 N–H and O–H groups in total. The molecule has 0 saturated carbocycles. The van der Waals surface area contributed by atoms with Crippen LogP contribution in [0.2, 0.25) is 0 Å². The minimum Gasteiger partial charge on any atom is -0.468 e. The Kier molecular flexibility index (Phi) is 2.91. The minimum atomic E-state index is -0.690. The van der Waals surface area contributed by atoms with Crippen LogP contribution in [0.15, 0.2) is 16.9 Å². The molecule has 0 aliphatic heterocycles. The molecule has 1 heterocycles. The first-order valence-corrected chi connectivity index (χ1v) is 4.10. The summed E-state index contributed by atoms with van der Waals surface area (Å²) in [6.07, 6.45) is 2.31. The van der Waals surface area contributed by atoms with Gasteiger partial charge in [0.05, 0.1) is 5.92 Å². The van der Waals surface area contributed by atoms with Gasteiger partial charge in [-0.2, -0.15) is 0 Å². The molecule has 0 fully saturated rings. The van der Waals surface area contributed by atoms with Crippen LogP contribution in [0.25, 0.3) is 0 Å². The summed E-state index contributed by atoms with van der Waals surface area (Å²) in [4.78, 5) is 22.0. The molecule has 1 aromatic heterocycles. The van der Waals surface area contributed by atoms with Crippen LogP contribution in [0.5, 0.6) is 5.75 Å². The monoisotopic (exact) mass is 197 g/mol. The molecule has 76 valence electrons. The average molecular weight is 197 g/mol. The molecule has 0 aliphatic rings. The van der Waals surface area contributed by atoms with Gasteiger partial charge in [0, 0.05) is 0 Å². The lowest BCUT2D eigenvalue weighted by Crippen LogP contribution is -2.17. The topological polar surface area (TPSA) is 82.5 Å². The number of carbonyl (C=O) groups excluding carboxylic acids is 2. The van der Waals surface area contributed by atoms with Crippen molar-refractivity contribution in [2.24, 2.45) is 11.7 Å². The highest BCUT2D eigenvalue weighted by Gasteiger charge is 2.17. The Hall–Kier alpha value is -1.78. The minimum absolute atomic E-state index is 0.0659. The fraction of sp³-hybridized carbons (Fsp3) is 0.333. The Morgan fingerprint density at radius 1 is 1.43 bits per heavy atom. The van der Waals surface area contributed by atoms with E-state index in [2.05, 4.69) is 0 Å². The molecule has 5 heteroatoms. The summed E-state index contributed by atoms with van der Waals surface area (Å²) < 4.78 is 9.58. The molecule has 0 radical (unpaired) electrons. The third kappa shape index (κ3) is 2.12. The fourth-order valence-corrected chi connectivity index (χ4v) is 0.770. The van der Waals surface area contributed by atoms with Gasteiger partial charge in [-0.3, -0.25) is 9.59 Å². The predicted molar refractivity (Wildman–Crippen MR) is 47.7 cm³/mol. The number of nitrogens with two attached hydrogens (primary N) is 1. The molecule has 0 aromatic carbocycles. The first-order valence-electron chi connectivity index (χ1n) is 4.10. The fourth-order valence-electron chi connectivity index (χ4n) is 0.770. The van der Waals surface area contributed by atoms with Crippen molar-refractivity contribution in [3.63, 3.8) is 0 Å². The maximum absolute atomic E-state index is 11.2. The molecular weight excluding hydrogens is 186 g/mol. The van der Waals surface area contributed by atoms with Gasteiger partial charge in [-0.15, -0.1) is 0 Å². The summed E-state index contributed by atoms with van der Waals surface area (Å²) >= 11 is 0. The second-order valence-corrected chi connectivity index (χ2v) is 3.09. The Balaban J connectivity index is 2.82. The molecule has 1 aromatic rings. The van der Waals surface area contributed by atoms with E-state index in [9.17, 15) is 9.59 Å². The molecular formula is C9H11NO4. The smallest absolute Gasteiger partial charge is 0.313 e. The first kappa shape index (κ1) is 10.3. The number of amides is 1. The Labute approximate surface area is 80.8 Å². The SMILES string of the molecule is CC(C)C(=O)Oc1cocc1C(N)=O. The molecule has 14 heavy (non-hydrogen) atoms. The largest absolute Gasteiger partial charge is 0.468 e. The van der Waals surface area contributed by atoms with Crippen LogP contribution in [0.4, 0.5) is 0 Å². The van der Waals surface area contributed by atoms with E-state index < -0.39 is 11.9 Å². The zero-order valence-corrected chi connectivity index (χ0v) is 7.94. The number of hydrogen-bond donors (Lipinski definition) is 1. The molecule has 0 bridgehead atoms. The lowest BCUT2D eigenvalue weighted by Gasteiger charge is -2.04. The number of primary amides is 1. The highest BCUT2D eigenvalue weighted by molar-refractivity contribution is 5.96. The number of furan rings is 1. The molecule has 1 rings (SSSR count). The van der Waals surface area contributed by atoms with Crippen molar-refractivity contribution < 1.29 is 18.7 Å². The summed E-state index contributed by atoms with van der Waals surface area (Å²) in [6, 6.07) is 0. The van der Waals surface area contributed by atoms with Gasteiger partial charge in [-0.1, -0.05) is 13.8 Å². The summed E-state index contributed by atoms with van der Waals surface area (Å²) in [5.41, 5.74) is 5.09. The van der Waals surface area contributed by atoms with Gasteiger partial charge in [0.25, 0.3) is 5.91 Å². The van der Waals surface area contributed by atoms with Gasteiger partial charge in [0.1, 0.15) is 18.1 Å². The van der Waals surface area contributed by atoms with E-state index in [0.717, 1.165) is 6.26 Å². The molecule has 0 atom stereocenters. The lowest BCUT2D eigenvalue weighted by atomic mass is 10.2. The quantitative estimate of drug-likeness (QED) is 0.731. The van der Waals surface area contributed by atoms with E-state index in [0.29, 0.717) is 0 Å². The normalized spacial score (nSPS) is 10.2. The van der Waals surface area contributed by atoms with Crippen molar-refractivity contribution in [1.29, 1.82) is 0 Å². The van der Waals surface area contributed by atoms with E-state index >= 15 is 0 Å². The van der Waals surface area contributed by atoms with Gasteiger partial charge in [-0.05, 0) is 0 Å². The summed E-state index contributed by atoms with van der Waals surface area (Å²) in [7, 11) is 0. The van der Waals surface area contributed by atoms with Crippen molar-refractivity contribution in [2.75, 3.05) is 0 Å². The number of rotatable bonds is 3. The van der Waals surface area contributed by atoms with Crippen LogP contribution in [-0.2, 0) is 4.79 Å². The van der Waals surface area contributed by atoms with E-state index in [1.165, 1.54) is 6.26 Å². The second-order valence-electron chi connectivity index (χ2n) is 3.09. The van der Waals surface area contributed by atoms with Gasteiger partial charge in [-0.25, -0.2) is 0 Å². The van der Waals surface area contributed by atoms with Gasteiger partial charge < -0.3 is 14.9 Å². The van der Waals surface area contributed by atoms with Crippen LogP contribution >= 0.6 is 0 Å². The van der Waals surface area contributed by atoms with E-state index in [-0.39, 0.29) is 17.2 Å². The number of carbonyl (C=O) groups is 2. The third-order valence-corrected chi connectivity index (χ3v) is 1.57. The molecule has 0 aliphatic carbocycles. The lowest BCUT2D eigenvalue weighted by molar-refractivity contribution is -0.137. The van der Waals surface area contributed by atoms with E-state index in [4.69, 9.17) is 14.9 Å². The average Bonchev–Trinajstić information content (AvgIpc) is 2.52. The van der Waals surface area contributed by atoms with Crippen LogP contribution in [0, 0.1) is 5.92 Å². The summed E-state index contributed by atoms with van der Waals surface area (Å²) in [5.74, 6) is -1.33. The number of ether oxygens (including phenoxy) is 1. The van der Waals surface area contributed by atoms with E-state index in [1.807, 2.05) is 0 Å². The Morgan fingerprint density at radius 2 is 2.07 bits per heavy atom. The van der Waals surface area contributed by atoms with Gasteiger partial charge in [0.2, 0.25) is 0 Å². The Bertz CT molecular complexity index is 353. The zero-order valence-electron chi connectivity index (χ0n) is 7.94. The Morgan fingerprint density at radius 3 is 2.57 bits per heavy atom. The van der Waals surface area contributed by atoms with Crippen LogP contribution in [0.3, 0.4) is 0 Å². The van der Waals surface area contributed by atoms with Gasteiger partial charge in [0.15, 0.2) is 5.75 Å². The number of hydrogen-bond acceptors (Lipinski definition) is 4.